The summed E-state index contributed by atoms with van der Waals surface area (Å²) in [7, 11) is 0. The fraction of sp³-hybridized carbons (Fsp3) is 0.0263. The molecule has 0 bridgehead atoms. The molecule has 0 unspecified atom stereocenters. The largest absolute Gasteiger partial charge is 0.309 e. The summed E-state index contributed by atoms with van der Waals surface area (Å²) in [6.07, 6.45) is 0. The average Bonchev–Trinajstić information content (AvgIpc) is 3.51. The Kier molecular flexibility index (Phi) is 4.16. The molecule has 186 valence electrons. The Morgan fingerprint density at radius 3 is 1.70 bits per heavy atom. The van der Waals surface area contributed by atoms with E-state index in [1.54, 1.807) is 0 Å². The Balaban J connectivity index is 1.52. The first kappa shape index (κ1) is 21.7. The highest BCUT2D eigenvalue weighted by Crippen LogP contribution is 2.61. The second-order valence-corrected chi connectivity index (χ2v) is 10.8. The van der Waals surface area contributed by atoms with Gasteiger partial charge in [-0.25, -0.2) is 0 Å². The van der Waals surface area contributed by atoms with Crippen molar-refractivity contribution < 1.29 is 4.79 Å². The summed E-state index contributed by atoms with van der Waals surface area (Å²) in [4.78, 5) is 13.8. The molecule has 1 heterocycles. The number of hydrogen-bond acceptors (Lipinski definition) is 1. The Morgan fingerprint density at radius 1 is 0.450 bits per heavy atom. The van der Waals surface area contributed by atoms with Crippen LogP contribution < -0.4 is 0 Å². The van der Waals surface area contributed by atoms with Gasteiger partial charge in [0.1, 0.15) is 0 Å². The zero-order chi connectivity index (χ0) is 26.4. The first-order valence-corrected chi connectivity index (χ1v) is 13.8. The van der Waals surface area contributed by atoms with Crippen molar-refractivity contribution in [2.24, 2.45) is 0 Å². The summed E-state index contributed by atoms with van der Waals surface area (Å²) in [5, 5.41) is 2.49. The molecule has 7 aromatic rings. The number of rotatable bonds is 1. The molecule has 1 aromatic heterocycles. The molecule has 0 aliphatic heterocycles. The van der Waals surface area contributed by atoms with Crippen LogP contribution >= 0.6 is 0 Å². The summed E-state index contributed by atoms with van der Waals surface area (Å²) in [6.45, 7) is 0. The summed E-state index contributed by atoms with van der Waals surface area (Å²) >= 11 is 0. The van der Waals surface area contributed by atoms with Crippen LogP contribution in [-0.4, -0.2) is 10.4 Å². The van der Waals surface area contributed by atoms with Crippen LogP contribution in [0.15, 0.2) is 140 Å². The maximum absolute atomic E-state index is 13.8. The van der Waals surface area contributed by atoms with Crippen molar-refractivity contribution >= 4 is 27.6 Å². The van der Waals surface area contributed by atoms with Crippen LogP contribution in [0.2, 0.25) is 0 Å². The molecule has 6 aromatic carbocycles. The normalized spacial score (nSPS) is 14.2. The molecule has 0 N–H and O–H groups in total. The molecule has 0 saturated carbocycles. The number of nitrogens with zero attached hydrogens (tertiary/aromatic N) is 1. The molecule has 0 atom stereocenters. The van der Waals surface area contributed by atoms with E-state index >= 15 is 0 Å². The predicted molar refractivity (Wildman–Crippen MR) is 162 cm³/mol. The van der Waals surface area contributed by atoms with Crippen molar-refractivity contribution in [1.82, 2.24) is 4.57 Å². The molecule has 0 amide bonds. The van der Waals surface area contributed by atoms with Gasteiger partial charge in [0.05, 0.1) is 16.4 Å². The third-order valence-corrected chi connectivity index (χ3v) is 9.01. The van der Waals surface area contributed by atoms with E-state index < -0.39 is 5.41 Å². The minimum Gasteiger partial charge on any atom is -0.309 e. The van der Waals surface area contributed by atoms with Crippen LogP contribution in [0.3, 0.4) is 0 Å². The second kappa shape index (κ2) is 7.68. The highest BCUT2D eigenvalue weighted by Gasteiger charge is 2.52. The standard InChI is InChI=1S/C38H23NO/c40-37-26-15-5-9-19-30(26)38(31-20-10-6-16-27(31)37)29-18-8-4-14-25(29)35-32(38)22-23-34-36(35)28-17-7-11-21-33(28)39(34)24-12-2-1-3-13-24/h1-23H. The third-order valence-electron chi connectivity index (χ3n) is 9.01. The molecule has 2 nitrogen and oxygen atoms in total. The highest BCUT2D eigenvalue weighted by atomic mass is 16.1. The minimum atomic E-state index is -0.572. The molecular formula is C38H23NO. The minimum absolute atomic E-state index is 0.101. The number of carbonyl (C=O) groups is 1. The summed E-state index contributed by atoms with van der Waals surface area (Å²) in [5.41, 5.74) is 11.6. The molecule has 0 fully saturated rings. The van der Waals surface area contributed by atoms with Gasteiger partial charge < -0.3 is 4.57 Å². The van der Waals surface area contributed by atoms with E-state index in [4.69, 9.17) is 0 Å². The van der Waals surface area contributed by atoms with E-state index in [0.29, 0.717) is 0 Å². The monoisotopic (exact) mass is 509 g/mol. The van der Waals surface area contributed by atoms with Gasteiger partial charge in [0.15, 0.2) is 5.78 Å². The highest BCUT2D eigenvalue weighted by molar-refractivity contribution is 6.20. The first-order valence-electron chi connectivity index (χ1n) is 13.8. The second-order valence-electron chi connectivity index (χ2n) is 10.8. The molecule has 0 radical (unpaired) electrons. The summed E-state index contributed by atoms with van der Waals surface area (Å²) < 4.78 is 2.38. The molecule has 0 saturated heterocycles. The van der Waals surface area contributed by atoms with Crippen molar-refractivity contribution in [3.8, 4) is 16.8 Å². The van der Waals surface area contributed by atoms with E-state index in [9.17, 15) is 4.79 Å². The van der Waals surface area contributed by atoms with Gasteiger partial charge in [-0.2, -0.15) is 0 Å². The Morgan fingerprint density at radius 2 is 1.00 bits per heavy atom. The maximum atomic E-state index is 13.8. The van der Waals surface area contributed by atoms with Gasteiger partial charge in [-0.3, -0.25) is 4.79 Å². The number of hydrogen-bond donors (Lipinski definition) is 0. The van der Waals surface area contributed by atoms with Crippen LogP contribution in [0.5, 0.6) is 0 Å². The van der Waals surface area contributed by atoms with Crippen molar-refractivity contribution in [3.63, 3.8) is 0 Å². The van der Waals surface area contributed by atoms with Crippen LogP contribution in [0, 0.1) is 0 Å². The fourth-order valence-electron chi connectivity index (χ4n) is 7.57. The zero-order valence-electron chi connectivity index (χ0n) is 21.6. The molecule has 9 rings (SSSR count). The predicted octanol–water partition coefficient (Wildman–Crippen LogP) is 8.69. The Labute approximate surface area is 231 Å². The van der Waals surface area contributed by atoms with Crippen molar-refractivity contribution in [2.45, 2.75) is 5.41 Å². The molecule has 40 heavy (non-hydrogen) atoms. The van der Waals surface area contributed by atoms with Gasteiger partial charge in [-0.15, -0.1) is 0 Å². The number of fused-ring (bicyclic) bond motifs is 13. The zero-order valence-corrected chi connectivity index (χ0v) is 21.6. The topological polar surface area (TPSA) is 22.0 Å². The molecule has 2 aliphatic rings. The summed E-state index contributed by atoms with van der Waals surface area (Å²) in [6, 6.07) is 49.2. The molecular weight excluding hydrogens is 486 g/mol. The lowest BCUT2D eigenvalue weighted by Crippen LogP contribution is -2.36. The van der Waals surface area contributed by atoms with Gasteiger partial charge in [0.25, 0.3) is 0 Å². The average molecular weight is 510 g/mol. The van der Waals surface area contributed by atoms with Crippen molar-refractivity contribution in [1.29, 1.82) is 0 Å². The van der Waals surface area contributed by atoms with E-state index in [1.807, 2.05) is 24.3 Å². The quantitative estimate of drug-likeness (QED) is 0.217. The van der Waals surface area contributed by atoms with E-state index in [1.165, 1.54) is 44.1 Å². The lowest BCUT2D eigenvalue weighted by molar-refractivity contribution is 0.103. The lowest BCUT2D eigenvalue weighted by Gasteiger charge is -2.39. The van der Waals surface area contributed by atoms with Crippen molar-refractivity contribution in [3.05, 3.63) is 173 Å². The van der Waals surface area contributed by atoms with Crippen LogP contribution in [0.4, 0.5) is 0 Å². The van der Waals surface area contributed by atoms with Crippen molar-refractivity contribution in [2.75, 3.05) is 0 Å². The third kappa shape index (κ3) is 2.47. The number of ketones is 1. The van der Waals surface area contributed by atoms with Gasteiger partial charge in [-0.1, -0.05) is 115 Å². The number of carbonyl (C=O) groups excluding carboxylic acids is 1. The van der Waals surface area contributed by atoms with Crippen LogP contribution in [0.1, 0.15) is 38.2 Å². The van der Waals surface area contributed by atoms with E-state index in [-0.39, 0.29) is 5.78 Å². The van der Waals surface area contributed by atoms with Gasteiger partial charge in [0, 0.05) is 27.6 Å². The molecule has 1 spiro atoms. The van der Waals surface area contributed by atoms with Crippen LogP contribution in [0.25, 0.3) is 38.6 Å². The Bertz CT molecular complexity index is 2130. The van der Waals surface area contributed by atoms with Gasteiger partial charge in [-0.05, 0) is 57.6 Å². The van der Waals surface area contributed by atoms with Crippen LogP contribution in [-0.2, 0) is 5.41 Å². The van der Waals surface area contributed by atoms with E-state index in [0.717, 1.165) is 27.9 Å². The number of para-hydroxylation sites is 2. The lowest BCUT2D eigenvalue weighted by atomic mass is 9.61. The molecule has 2 aliphatic carbocycles. The summed E-state index contributed by atoms with van der Waals surface area (Å²) in [5.74, 6) is 0.101. The van der Waals surface area contributed by atoms with Gasteiger partial charge >= 0.3 is 0 Å². The van der Waals surface area contributed by atoms with E-state index in [2.05, 4.69) is 120 Å². The van der Waals surface area contributed by atoms with Gasteiger partial charge in [0.2, 0.25) is 0 Å². The fourth-order valence-corrected chi connectivity index (χ4v) is 7.57. The number of aromatic nitrogens is 1. The maximum Gasteiger partial charge on any atom is 0.193 e. The number of benzene rings is 6. The Hall–Kier alpha value is -5.21. The molecule has 2 heteroatoms. The first-order chi connectivity index (χ1) is 19.8. The SMILES string of the molecule is O=C1c2ccccc2C2(c3ccccc31)c1ccccc1-c1c2ccc2c1c1ccccc1n2-c1ccccc1. The smallest absolute Gasteiger partial charge is 0.193 e.